The second-order valence-electron chi connectivity index (χ2n) is 9.69. The molecule has 2 aliphatic rings. The molecule has 204 valence electrons. The van der Waals surface area contributed by atoms with Gasteiger partial charge in [-0.05, 0) is 24.3 Å². The van der Waals surface area contributed by atoms with Crippen LogP contribution in [0.25, 0.3) is 0 Å². The maximum atomic E-state index is 15.9. The normalized spacial score (nSPS) is 14.3. The molecule has 2 aliphatic heterocycles. The molecule has 9 heteroatoms. The number of ether oxygens (including phenoxy) is 2. The molecule has 0 saturated heterocycles. The summed E-state index contributed by atoms with van der Waals surface area (Å²) < 4.78 is 27.2. The summed E-state index contributed by atoms with van der Waals surface area (Å²) >= 11 is 0. The van der Waals surface area contributed by atoms with Crippen LogP contribution in [0.15, 0.2) is 64.6 Å². The second-order valence-corrected chi connectivity index (χ2v) is 9.69. The van der Waals surface area contributed by atoms with E-state index in [9.17, 15) is 0 Å². The van der Waals surface area contributed by atoms with E-state index in [0.717, 1.165) is 71.6 Å². The molecule has 5 rings (SSSR count). The van der Waals surface area contributed by atoms with Gasteiger partial charge in [-0.2, -0.15) is 0 Å². The molecular formula is C30H35FN6O2. The molecular weight excluding hydrogens is 495 g/mol. The molecule has 0 bridgehead atoms. The molecule has 0 unspecified atom stereocenters. The Kier molecular flexibility index (Phi) is 7.86. The standard InChI is InChI=1S/C30H35FN6O2/c1-36(18-22-10-8-20(16-26(22)38-3)29-32-12-13-33-29)24-6-5-7-25(28(24)31)37(2)19-23-11-9-21(17-27(23)39-4)30-34-14-15-35-30/h5-11,16-17H,12-15,18-19H2,1-4H3,(H,32,33)(H,34,35). The highest BCUT2D eigenvalue weighted by Gasteiger charge is 2.19. The van der Waals surface area contributed by atoms with Gasteiger partial charge in [0.2, 0.25) is 0 Å². The van der Waals surface area contributed by atoms with Crippen LogP contribution in [0.3, 0.4) is 0 Å². The summed E-state index contributed by atoms with van der Waals surface area (Å²) in [6, 6.07) is 17.5. The predicted octanol–water partition coefficient (Wildman–Crippen LogP) is 3.82. The zero-order valence-corrected chi connectivity index (χ0v) is 22.9. The van der Waals surface area contributed by atoms with Gasteiger partial charge in [0.25, 0.3) is 0 Å². The van der Waals surface area contributed by atoms with E-state index in [1.807, 2.05) is 66.4 Å². The van der Waals surface area contributed by atoms with Gasteiger partial charge < -0.3 is 29.9 Å². The van der Waals surface area contributed by atoms with Crippen molar-refractivity contribution in [1.29, 1.82) is 0 Å². The monoisotopic (exact) mass is 530 g/mol. The summed E-state index contributed by atoms with van der Waals surface area (Å²) in [6.07, 6.45) is 0. The van der Waals surface area contributed by atoms with Crippen LogP contribution in [0.5, 0.6) is 11.5 Å². The van der Waals surface area contributed by atoms with Crippen LogP contribution in [-0.2, 0) is 13.1 Å². The third-order valence-corrected chi connectivity index (χ3v) is 7.06. The maximum Gasteiger partial charge on any atom is 0.169 e. The Labute approximate surface area is 229 Å². The molecule has 3 aromatic rings. The van der Waals surface area contributed by atoms with E-state index >= 15 is 4.39 Å². The summed E-state index contributed by atoms with van der Waals surface area (Å²) in [4.78, 5) is 12.8. The number of aliphatic imine (C=N–C) groups is 2. The van der Waals surface area contributed by atoms with Crippen molar-refractivity contribution in [3.05, 3.63) is 82.7 Å². The van der Waals surface area contributed by atoms with Crippen molar-refractivity contribution in [3.63, 3.8) is 0 Å². The minimum absolute atomic E-state index is 0.275. The Bertz CT molecular complexity index is 1300. The van der Waals surface area contributed by atoms with Crippen LogP contribution in [-0.4, -0.2) is 66.2 Å². The van der Waals surface area contributed by atoms with E-state index in [0.29, 0.717) is 24.5 Å². The zero-order chi connectivity index (χ0) is 27.4. The lowest BCUT2D eigenvalue weighted by molar-refractivity contribution is 0.409. The fourth-order valence-electron chi connectivity index (χ4n) is 5.01. The number of rotatable bonds is 10. The van der Waals surface area contributed by atoms with Crippen LogP contribution in [0.2, 0.25) is 0 Å². The molecule has 2 N–H and O–H groups in total. The van der Waals surface area contributed by atoms with Crippen LogP contribution >= 0.6 is 0 Å². The number of nitrogens with one attached hydrogen (secondary N) is 2. The first-order chi connectivity index (χ1) is 19.0. The topological polar surface area (TPSA) is 73.7 Å². The Morgan fingerprint density at radius 3 is 1.59 bits per heavy atom. The number of nitrogens with zero attached hydrogens (tertiary/aromatic N) is 4. The van der Waals surface area contributed by atoms with Crippen LogP contribution in [0, 0.1) is 5.82 Å². The quantitative estimate of drug-likeness (QED) is 0.415. The van der Waals surface area contributed by atoms with Crippen molar-refractivity contribution in [2.24, 2.45) is 9.98 Å². The Morgan fingerprint density at radius 2 is 1.21 bits per heavy atom. The van der Waals surface area contributed by atoms with Gasteiger partial charge in [-0.3, -0.25) is 9.98 Å². The van der Waals surface area contributed by atoms with Gasteiger partial charge in [0.1, 0.15) is 23.2 Å². The highest BCUT2D eigenvalue weighted by atomic mass is 19.1. The van der Waals surface area contributed by atoms with Gasteiger partial charge in [0.15, 0.2) is 5.82 Å². The van der Waals surface area contributed by atoms with Gasteiger partial charge >= 0.3 is 0 Å². The van der Waals surface area contributed by atoms with Crippen LogP contribution in [0.1, 0.15) is 22.3 Å². The number of benzene rings is 3. The Balaban J connectivity index is 1.33. The molecule has 0 spiro atoms. The average Bonchev–Trinajstić information content (AvgIpc) is 3.69. The van der Waals surface area contributed by atoms with Gasteiger partial charge in [-0.25, -0.2) is 4.39 Å². The molecule has 0 aromatic heterocycles. The average molecular weight is 531 g/mol. The number of hydrogen-bond donors (Lipinski definition) is 2. The van der Waals surface area contributed by atoms with Crippen molar-refractivity contribution >= 4 is 23.0 Å². The van der Waals surface area contributed by atoms with Crippen molar-refractivity contribution < 1.29 is 13.9 Å². The van der Waals surface area contributed by atoms with Crippen molar-refractivity contribution in [3.8, 4) is 11.5 Å². The molecule has 2 heterocycles. The number of methoxy groups -OCH3 is 2. The van der Waals surface area contributed by atoms with Gasteiger partial charge in [0, 0.05) is 62.5 Å². The van der Waals surface area contributed by atoms with Crippen molar-refractivity contribution in [2.75, 3.05) is 64.3 Å². The Morgan fingerprint density at radius 1 is 0.744 bits per heavy atom. The fraction of sp³-hybridized carbons (Fsp3) is 0.333. The Hall–Kier alpha value is -4.27. The van der Waals surface area contributed by atoms with Gasteiger partial charge in [-0.1, -0.05) is 30.3 Å². The van der Waals surface area contributed by atoms with Crippen molar-refractivity contribution in [1.82, 2.24) is 10.6 Å². The van der Waals surface area contributed by atoms with E-state index < -0.39 is 0 Å². The molecule has 0 saturated carbocycles. The first kappa shape index (κ1) is 26.3. The lowest BCUT2D eigenvalue weighted by Crippen LogP contribution is -2.23. The third kappa shape index (κ3) is 5.62. The van der Waals surface area contributed by atoms with E-state index in [2.05, 4.69) is 20.6 Å². The van der Waals surface area contributed by atoms with Gasteiger partial charge in [0.05, 0.1) is 38.7 Å². The molecule has 0 amide bonds. The summed E-state index contributed by atoms with van der Waals surface area (Å²) in [5.74, 6) is 2.98. The van der Waals surface area contributed by atoms with Crippen LogP contribution < -0.4 is 29.9 Å². The lowest BCUT2D eigenvalue weighted by Gasteiger charge is -2.26. The lowest BCUT2D eigenvalue weighted by atomic mass is 10.1. The number of halogens is 1. The van der Waals surface area contributed by atoms with E-state index in [-0.39, 0.29) is 5.82 Å². The highest BCUT2D eigenvalue weighted by Crippen LogP contribution is 2.32. The molecule has 3 aromatic carbocycles. The number of anilines is 2. The molecule has 0 radical (unpaired) electrons. The predicted molar refractivity (Wildman–Crippen MR) is 155 cm³/mol. The summed E-state index contributed by atoms with van der Waals surface area (Å²) in [6.45, 7) is 4.21. The zero-order valence-electron chi connectivity index (χ0n) is 22.9. The third-order valence-electron chi connectivity index (χ3n) is 7.06. The van der Waals surface area contributed by atoms with E-state index in [4.69, 9.17) is 9.47 Å². The molecule has 0 aliphatic carbocycles. The maximum absolute atomic E-state index is 15.9. The minimum Gasteiger partial charge on any atom is -0.496 e. The SMILES string of the molecule is COc1cc(C2=NCCN2)ccc1CN(C)c1cccc(N(C)Cc2ccc(C3=NCCN3)cc2OC)c1F. The number of hydrogen-bond acceptors (Lipinski definition) is 8. The summed E-state index contributed by atoms with van der Waals surface area (Å²) in [5, 5.41) is 6.58. The largest absolute Gasteiger partial charge is 0.496 e. The minimum atomic E-state index is -0.275. The summed E-state index contributed by atoms with van der Waals surface area (Å²) in [5.41, 5.74) is 4.93. The fourth-order valence-corrected chi connectivity index (χ4v) is 5.01. The smallest absolute Gasteiger partial charge is 0.169 e. The second kappa shape index (κ2) is 11.6. The van der Waals surface area contributed by atoms with Crippen LogP contribution in [0.4, 0.5) is 15.8 Å². The van der Waals surface area contributed by atoms with Crippen molar-refractivity contribution in [2.45, 2.75) is 13.1 Å². The molecule has 0 atom stereocenters. The van der Waals surface area contributed by atoms with E-state index in [1.165, 1.54) is 0 Å². The highest BCUT2D eigenvalue weighted by molar-refractivity contribution is 6.00. The summed E-state index contributed by atoms with van der Waals surface area (Å²) in [7, 11) is 7.09. The number of amidine groups is 2. The molecule has 39 heavy (non-hydrogen) atoms. The molecule has 0 fully saturated rings. The molecule has 8 nitrogen and oxygen atoms in total. The first-order valence-corrected chi connectivity index (χ1v) is 13.1. The first-order valence-electron chi connectivity index (χ1n) is 13.1. The van der Waals surface area contributed by atoms with E-state index in [1.54, 1.807) is 26.4 Å². The van der Waals surface area contributed by atoms with Gasteiger partial charge in [-0.15, -0.1) is 0 Å².